The van der Waals surface area contributed by atoms with Crippen LogP contribution in [0.1, 0.15) is 28.4 Å². The largest absolute Gasteiger partial charge is 0.381 e. The Morgan fingerprint density at radius 2 is 1.79 bits per heavy atom. The molecule has 1 aromatic rings. The molecule has 0 heterocycles. The first-order valence-electron chi connectivity index (χ1n) is 4.65. The van der Waals surface area contributed by atoms with Crippen molar-refractivity contribution in [1.29, 1.82) is 0 Å². The van der Waals surface area contributed by atoms with Gasteiger partial charge in [0.05, 0.1) is 0 Å². The average Bonchev–Trinajstić information content (AvgIpc) is 2.01. The zero-order valence-corrected chi connectivity index (χ0v) is 8.83. The van der Waals surface area contributed by atoms with Crippen molar-refractivity contribution in [2.75, 3.05) is 6.54 Å². The van der Waals surface area contributed by atoms with Crippen LogP contribution in [0.25, 0.3) is 4.85 Å². The molecule has 0 aromatic heterocycles. The molecule has 0 aliphatic carbocycles. The molecule has 0 spiro atoms. The maximum Gasteiger partial charge on any atom is 0.244 e. The molecule has 2 nitrogen and oxygen atoms in total. The summed E-state index contributed by atoms with van der Waals surface area (Å²) in [6.45, 7) is 12.9. The first-order chi connectivity index (χ1) is 6.56. The van der Waals surface area contributed by atoms with Gasteiger partial charge in [-0.25, -0.2) is 6.57 Å². The number of aliphatic hydroxyl groups excluding tert-OH is 1. The summed E-state index contributed by atoms with van der Waals surface area (Å²) in [6.07, 6.45) is -0.645. The second-order valence-electron chi connectivity index (χ2n) is 3.67. The van der Waals surface area contributed by atoms with E-state index in [0.717, 1.165) is 16.7 Å². The van der Waals surface area contributed by atoms with E-state index in [9.17, 15) is 5.11 Å². The molecule has 1 rings (SSSR count). The van der Waals surface area contributed by atoms with Gasteiger partial charge in [-0.2, -0.15) is 0 Å². The molecule has 0 amide bonds. The lowest BCUT2D eigenvalue weighted by atomic mass is 9.96. The molecule has 0 radical (unpaired) electrons. The van der Waals surface area contributed by atoms with Crippen LogP contribution < -0.4 is 0 Å². The second kappa shape index (κ2) is 4.26. The van der Waals surface area contributed by atoms with Gasteiger partial charge in [-0.3, -0.25) is 0 Å². The highest BCUT2D eigenvalue weighted by Crippen LogP contribution is 2.23. The summed E-state index contributed by atoms with van der Waals surface area (Å²) < 4.78 is 0. The van der Waals surface area contributed by atoms with Gasteiger partial charge < -0.3 is 9.95 Å². The third kappa shape index (κ3) is 2.12. The maximum absolute atomic E-state index is 9.76. The van der Waals surface area contributed by atoms with Crippen molar-refractivity contribution in [3.63, 3.8) is 0 Å². The summed E-state index contributed by atoms with van der Waals surface area (Å²) in [5, 5.41) is 9.76. The van der Waals surface area contributed by atoms with E-state index in [-0.39, 0.29) is 6.54 Å². The van der Waals surface area contributed by atoms with Gasteiger partial charge in [0.25, 0.3) is 0 Å². The third-order valence-corrected chi connectivity index (χ3v) is 2.34. The predicted molar refractivity (Wildman–Crippen MR) is 57.1 cm³/mol. The number of aliphatic hydroxyl groups is 1. The molecule has 1 atom stereocenters. The Morgan fingerprint density at radius 3 is 2.21 bits per heavy atom. The zero-order chi connectivity index (χ0) is 10.7. The smallest absolute Gasteiger partial charge is 0.244 e. The minimum atomic E-state index is -0.645. The fourth-order valence-corrected chi connectivity index (χ4v) is 1.89. The van der Waals surface area contributed by atoms with E-state index in [4.69, 9.17) is 6.57 Å². The minimum Gasteiger partial charge on any atom is -0.381 e. The molecular formula is C12H15NO. The topological polar surface area (TPSA) is 24.6 Å². The lowest BCUT2D eigenvalue weighted by Gasteiger charge is -2.13. The highest BCUT2D eigenvalue weighted by atomic mass is 16.3. The molecule has 0 saturated carbocycles. The Bertz CT molecular complexity index is 353. The summed E-state index contributed by atoms with van der Waals surface area (Å²) in [6, 6.07) is 4.07. The Morgan fingerprint density at radius 1 is 1.29 bits per heavy atom. The van der Waals surface area contributed by atoms with Gasteiger partial charge in [0.1, 0.15) is 0 Å². The van der Waals surface area contributed by atoms with Crippen molar-refractivity contribution in [3.05, 3.63) is 45.8 Å². The normalized spacial score (nSPS) is 12.2. The van der Waals surface area contributed by atoms with Crippen LogP contribution in [0.2, 0.25) is 0 Å². The quantitative estimate of drug-likeness (QED) is 0.710. The first kappa shape index (κ1) is 10.7. The van der Waals surface area contributed by atoms with Crippen molar-refractivity contribution in [2.24, 2.45) is 0 Å². The van der Waals surface area contributed by atoms with Gasteiger partial charge in [-0.1, -0.05) is 17.7 Å². The Hall–Kier alpha value is -1.33. The summed E-state index contributed by atoms with van der Waals surface area (Å²) in [5.41, 5.74) is 4.24. The van der Waals surface area contributed by atoms with Crippen LogP contribution >= 0.6 is 0 Å². The van der Waals surface area contributed by atoms with E-state index in [0.29, 0.717) is 0 Å². The van der Waals surface area contributed by atoms with Crippen LogP contribution in [0.3, 0.4) is 0 Å². The maximum atomic E-state index is 9.76. The fraction of sp³-hybridized carbons (Fsp3) is 0.417. The van der Waals surface area contributed by atoms with E-state index in [1.807, 2.05) is 32.9 Å². The zero-order valence-electron chi connectivity index (χ0n) is 8.83. The monoisotopic (exact) mass is 189 g/mol. The van der Waals surface area contributed by atoms with Crippen LogP contribution in [-0.4, -0.2) is 11.7 Å². The van der Waals surface area contributed by atoms with Crippen LogP contribution in [0.4, 0.5) is 0 Å². The van der Waals surface area contributed by atoms with Crippen LogP contribution in [0.15, 0.2) is 12.1 Å². The Kier molecular flexibility index (Phi) is 3.27. The van der Waals surface area contributed by atoms with Crippen molar-refractivity contribution in [1.82, 2.24) is 0 Å². The Labute approximate surface area is 85.0 Å². The molecule has 14 heavy (non-hydrogen) atoms. The SMILES string of the molecule is [C-]#[N+]CC(O)c1c(C)cc(C)cc1C. The van der Waals surface area contributed by atoms with Gasteiger partial charge in [-0.05, 0) is 37.5 Å². The molecule has 1 N–H and O–H groups in total. The highest BCUT2D eigenvalue weighted by Gasteiger charge is 2.15. The van der Waals surface area contributed by atoms with Gasteiger partial charge in [0.15, 0.2) is 6.10 Å². The van der Waals surface area contributed by atoms with Crippen LogP contribution in [0, 0.1) is 27.3 Å². The van der Waals surface area contributed by atoms with Gasteiger partial charge >= 0.3 is 0 Å². The van der Waals surface area contributed by atoms with Crippen LogP contribution in [-0.2, 0) is 0 Å². The number of nitrogens with zero attached hydrogens (tertiary/aromatic N) is 1. The number of hydrogen-bond acceptors (Lipinski definition) is 1. The van der Waals surface area contributed by atoms with Gasteiger partial charge in [0.2, 0.25) is 6.54 Å². The molecule has 2 heteroatoms. The molecular weight excluding hydrogens is 174 g/mol. The first-order valence-corrected chi connectivity index (χ1v) is 4.65. The van der Waals surface area contributed by atoms with Crippen molar-refractivity contribution in [3.8, 4) is 0 Å². The van der Waals surface area contributed by atoms with E-state index in [2.05, 4.69) is 4.85 Å². The fourth-order valence-electron chi connectivity index (χ4n) is 1.89. The van der Waals surface area contributed by atoms with Crippen molar-refractivity contribution in [2.45, 2.75) is 26.9 Å². The van der Waals surface area contributed by atoms with Crippen LogP contribution in [0.5, 0.6) is 0 Å². The molecule has 0 bridgehead atoms. The van der Waals surface area contributed by atoms with Crippen molar-refractivity contribution < 1.29 is 5.11 Å². The summed E-state index contributed by atoms with van der Waals surface area (Å²) in [4.78, 5) is 3.22. The van der Waals surface area contributed by atoms with E-state index >= 15 is 0 Å². The third-order valence-electron chi connectivity index (χ3n) is 2.34. The van der Waals surface area contributed by atoms with E-state index in [1.165, 1.54) is 5.56 Å². The summed E-state index contributed by atoms with van der Waals surface area (Å²) in [7, 11) is 0. The average molecular weight is 189 g/mol. The lowest BCUT2D eigenvalue weighted by molar-refractivity contribution is 0.194. The molecule has 0 fully saturated rings. The highest BCUT2D eigenvalue weighted by molar-refractivity contribution is 5.39. The summed E-state index contributed by atoms with van der Waals surface area (Å²) >= 11 is 0. The molecule has 1 unspecified atom stereocenters. The number of aryl methyl sites for hydroxylation is 3. The van der Waals surface area contributed by atoms with Crippen molar-refractivity contribution >= 4 is 0 Å². The van der Waals surface area contributed by atoms with Gasteiger partial charge in [-0.15, -0.1) is 0 Å². The molecule has 0 saturated heterocycles. The molecule has 0 aliphatic rings. The predicted octanol–water partition coefficient (Wildman–Crippen LogP) is 2.56. The number of hydrogen-bond donors (Lipinski definition) is 1. The Balaban J connectivity index is 3.15. The van der Waals surface area contributed by atoms with E-state index < -0.39 is 6.10 Å². The standard InChI is InChI=1S/C12H15NO/c1-8-5-9(2)12(10(3)6-8)11(14)7-13-4/h5-6,11,14H,7H2,1-3H3. The number of rotatable bonds is 2. The van der Waals surface area contributed by atoms with Gasteiger partial charge in [0, 0.05) is 0 Å². The van der Waals surface area contributed by atoms with E-state index in [1.54, 1.807) is 0 Å². The molecule has 0 aliphatic heterocycles. The summed E-state index contributed by atoms with van der Waals surface area (Å²) in [5.74, 6) is 0. The second-order valence-corrected chi connectivity index (χ2v) is 3.67. The molecule has 74 valence electrons. The lowest BCUT2D eigenvalue weighted by Crippen LogP contribution is -2.05. The molecule has 1 aromatic carbocycles. The minimum absolute atomic E-state index is 0.144. The number of benzene rings is 1.